The predicted molar refractivity (Wildman–Crippen MR) is 84.9 cm³/mol. The summed E-state index contributed by atoms with van der Waals surface area (Å²) < 4.78 is 14.9. The summed E-state index contributed by atoms with van der Waals surface area (Å²) in [4.78, 5) is 14.9. The largest absolute Gasteiger partial charge is 0.331 e. The zero-order chi connectivity index (χ0) is 16.0. The molecule has 23 heavy (non-hydrogen) atoms. The summed E-state index contributed by atoms with van der Waals surface area (Å²) in [5, 5.41) is 4.37. The molecule has 1 aromatic heterocycles. The average molecular weight is 313 g/mol. The van der Waals surface area contributed by atoms with Gasteiger partial charge in [0.25, 0.3) is 5.91 Å². The maximum atomic E-state index is 13.3. The van der Waals surface area contributed by atoms with Gasteiger partial charge in [0.05, 0.1) is 5.69 Å². The third-order valence-electron chi connectivity index (χ3n) is 4.80. The molecule has 0 saturated heterocycles. The number of aromatic nitrogens is 2. The van der Waals surface area contributed by atoms with Crippen LogP contribution in [0.2, 0.25) is 0 Å². The molecular formula is C18H20FN3O. The third-order valence-corrected chi connectivity index (χ3v) is 4.80. The lowest BCUT2D eigenvalue weighted by atomic mass is 10.1. The van der Waals surface area contributed by atoms with Crippen molar-refractivity contribution in [1.29, 1.82) is 0 Å². The van der Waals surface area contributed by atoms with Gasteiger partial charge in [0.2, 0.25) is 0 Å². The van der Waals surface area contributed by atoms with Gasteiger partial charge in [-0.1, -0.05) is 6.07 Å². The van der Waals surface area contributed by atoms with Gasteiger partial charge in [0.1, 0.15) is 5.82 Å². The number of amides is 1. The predicted octanol–water partition coefficient (Wildman–Crippen LogP) is 3.41. The Morgan fingerprint density at radius 2 is 2.09 bits per heavy atom. The van der Waals surface area contributed by atoms with Crippen LogP contribution in [-0.2, 0) is 0 Å². The van der Waals surface area contributed by atoms with E-state index in [-0.39, 0.29) is 17.8 Å². The molecule has 4 rings (SSSR count). The molecule has 4 nitrogen and oxygen atoms in total. The maximum absolute atomic E-state index is 13.3. The lowest BCUT2D eigenvalue weighted by Crippen LogP contribution is -2.41. The van der Waals surface area contributed by atoms with E-state index in [2.05, 4.69) is 12.0 Å². The molecule has 2 aliphatic rings. The first-order valence-corrected chi connectivity index (χ1v) is 8.28. The Labute approximate surface area is 134 Å². The number of hydrogen-bond acceptors (Lipinski definition) is 2. The summed E-state index contributed by atoms with van der Waals surface area (Å²) in [6.07, 6.45) is 6.33. The van der Waals surface area contributed by atoms with Gasteiger partial charge in [-0.2, -0.15) is 5.10 Å². The van der Waals surface area contributed by atoms with Gasteiger partial charge in [-0.3, -0.25) is 4.79 Å². The first kappa shape index (κ1) is 14.4. The van der Waals surface area contributed by atoms with Gasteiger partial charge in [-0.05, 0) is 62.8 Å². The highest BCUT2D eigenvalue weighted by molar-refractivity contribution is 5.93. The smallest absolute Gasteiger partial charge is 0.274 e. The molecule has 120 valence electrons. The quantitative estimate of drug-likeness (QED) is 0.848. The third kappa shape index (κ3) is 2.87. The molecule has 2 saturated carbocycles. The molecule has 0 radical (unpaired) electrons. The second-order valence-electron chi connectivity index (χ2n) is 6.65. The number of hydrogen-bond donors (Lipinski definition) is 0. The number of halogens is 1. The van der Waals surface area contributed by atoms with Gasteiger partial charge in [-0.25, -0.2) is 9.07 Å². The minimum absolute atomic E-state index is 0.00190. The van der Waals surface area contributed by atoms with Crippen molar-refractivity contribution in [2.24, 2.45) is 5.92 Å². The van der Waals surface area contributed by atoms with E-state index in [1.807, 2.05) is 4.90 Å². The van der Waals surface area contributed by atoms with Crippen molar-refractivity contribution in [3.05, 3.63) is 48.0 Å². The zero-order valence-electron chi connectivity index (χ0n) is 13.2. The standard InChI is InChI=1S/C18H20FN3O/c1-12(13-5-6-13)22(15-7-8-15)18(23)17-9-10-21(20-17)16-4-2-3-14(19)11-16/h2-4,9-13,15H,5-8H2,1H3/t12-/m1/s1. The zero-order valence-corrected chi connectivity index (χ0v) is 13.2. The Hall–Kier alpha value is -2.17. The van der Waals surface area contributed by atoms with Crippen LogP contribution in [0.1, 0.15) is 43.1 Å². The summed E-state index contributed by atoms with van der Waals surface area (Å²) in [5.41, 5.74) is 1.06. The Morgan fingerprint density at radius 1 is 1.30 bits per heavy atom. The van der Waals surface area contributed by atoms with Crippen LogP contribution >= 0.6 is 0 Å². The lowest BCUT2D eigenvalue weighted by molar-refractivity contribution is 0.0647. The normalized spacial score (nSPS) is 18.7. The Bertz CT molecular complexity index is 733. The van der Waals surface area contributed by atoms with Gasteiger partial charge in [0, 0.05) is 18.3 Å². The van der Waals surface area contributed by atoms with E-state index in [4.69, 9.17) is 0 Å². The van der Waals surface area contributed by atoms with Crippen molar-refractivity contribution >= 4 is 5.91 Å². The number of rotatable bonds is 5. The van der Waals surface area contributed by atoms with Crippen LogP contribution in [0.3, 0.4) is 0 Å². The average Bonchev–Trinajstić information content (AvgIpc) is 3.46. The van der Waals surface area contributed by atoms with Gasteiger partial charge in [-0.15, -0.1) is 0 Å². The summed E-state index contributed by atoms with van der Waals surface area (Å²) in [5.74, 6) is 0.333. The Morgan fingerprint density at radius 3 is 2.74 bits per heavy atom. The first-order valence-electron chi connectivity index (χ1n) is 8.28. The maximum Gasteiger partial charge on any atom is 0.274 e. The van der Waals surface area contributed by atoms with Crippen LogP contribution in [0.25, 0.3) is 5.69 Å². The summed E-state index contributed by atoms with van der Waals surface area (Å²) in [7, 11) is 0. The molecule has 2 fully saturated rings. The van der Waals surface area contributed by atoms with Crippen LogP contribution in [0.5, 0.6) is 0 Å². The molecule has 0 unspecified atom stereocenters. The van der Waals surface area contributed by atoms with E-state index >= 15 is 0 Å². The van der Waals surface area contributed by atoms with Gasteiger partial charge in [0.15, 0.2) is 5.69 Å². The van der Waals surface area contributed by atoms with E-state index in [1.165, 1.54) is 25.0 Å². The lowest BCUT2D eigenvalue weighted by Gasteiger charge is -2.28. The molecular weight excluding hydrogens is 293 g/mol. The molecule has 2 aromatic rings. The van der Waals surface area contributed by atoms with Gasteiger partial charge < -0.3 is 4.90 Å². The van der Waals surface area contributed by atoms with E-state index in [9.17, 15) is 9.18 Å². The first-order chi connectivity index (χ1) is 11.1. The fraction of sp³-hybridized carbons (Fsp3) is 0.444. The second kappa shape index (κ2) is 5.48. The minimum Gasteiger partial charge on any atom is -0.331 e. The van der Waals surface area contributed by atoms with Crippen molar-refractivity contribution in [1.82, 2.24) is 14.7 Å². The van der Waals surface area contributed by atoms with Crippen molar-refractivity contribution in [2.45, 2.75) is 44.7 Å². The monoisotopic (exact) mass is 313 g/mol. The molecule has 1 heterocycles. The molecule has 0 aliphatic heterocycles. The van der Waals surface area contributed by atoms with E-state index in [0.29, 0.717) is 23.3 Å². The summed E-state index contributed by atoms with van der Waals surface area (Å²) >= 11 is 0. The van der Waals surface area contributed by atoms with Crippen LogP contribution in [0.15, 0.2) is 36.5 Å². The van der Waals surface area contributed by atoms with Crippen LogP contribution in [0, 0.1) is 11.7 Å². The minimum atomic E-state index is -0.312. The number of carbonyl (C=O) groups excluding carboxylic acids is 1. The molecule has 1 amide bonds. The topological polar surface area (TPSA) is 38.1 Å². The van der Waals surface area contributed by atoms with Crippen LogP contribution < -0.4 is 0 Å². The van der Waals surface area contributed by atoms with Crippen molar-refractivity contribution < 1.29 is 9.18 Å². The van der Waals surface area contributed by atoms with E-state index in [1.54, 1.807) is 29.1 Å². The fourth-order valence-electron chi connectivity index (χ4n) is 3.17. The van der Waals surface area contributed by atoms with E-state index in [0.717, 1.165) is 12.8 Å². The molecule has 0 N–H and O–H groups in total. The highest BCUT2D eigenvalue weighted by Crippen LogP contribution is 2.40. The molecule has 1 aromatic carbocycles. The van der Waals surface area contributed by atoms with Gasteiger partial charge >= 0.3 is 0 Å². The van der Waals surface area contributed by atoms with Crippen molar-refractivity contribution in [3.8, 4) is 5.69 Å². The van der Waals surface area contributed by atoms with E-state index < -0.39 is 0 Å². The second-order valence-corrected chi connectivity index (χ2v) is 6.65. The number of benzene rings is 1. The highest BCUT2D eigenvalue weighted by atomic mass is 19.1. The SMILES string of the molecule is C[C@H](C1CC1)N(C(=O)c1ccn(-c2cccc(F)c2)n1)C1CC1. The fourth-order valence-corrected chi connectivity index (χ4v) is 3.17. The molecule has 0 bridgehead atoms. The Balaban J connectivity index is 1.58. The van der Waals surface area contributed by atoms with Crippen molar-refractivity contribution in [3.63, 3.8) is 0 Å². The molecule has 5 heteroatoms. The molecule has 2 aliphatic carbocycles. The number of nitrogens with zero attached hydrogens (tertiary/aromatic N) is 3. The van der Waals surface area contributed by atoms with Crippen molar-refractivity contribution in [2.75, 3.05) is 0 Å². The van der Waals surface area contributed by atoms with Crippen LogP contribution in [-0.4, -0.2) is 32.7 Å². The summed E-state index contributed by atoms with van der Waals surface area (Å²) in [6.45, 7) is 2.15. The highest BCUT2D eigenvalue weighted by Gasteiger charge is 2.42. The Kier molecular flexibility index (Phi) is 3.43. The number of carbonyl (C=O) groups is 1. The summed E-state index contributed by atoms with van der Waals surface area (Å²) in [6, 6.07) is 8.60. The molecule has 1 atom stereocenters. The van der Waals surface area contributed by atoms with Crippen LogP contribution in [0.4, 0.5) is 4.39 Å². The molecule has 0 spiro atoms.